The van der Waals surface area contributed by atoms with E-state index in [9.17, 15) is 4.79 Å². The third-order valence-corrected chi connectivity index (χ3v) is 3.04. The van der Waals surface area contributed by atoms with E-state index in [2.05, 4.69) is 17.3 Å². The van der Waals surface area contributed by atoms with Gasteiger partial charge in [-0.05, 0) is 19.9 Å². The van der Waals surface area contributed by atoms with Crippen LogP contribution in [0.2, 0.25) is 0 Å². The average Bonchev–Trinajstić information content (AvgIpc) is 2.26. The monoisotopic (exact) mass is 212 g/mol. The van der Waals surface area contributed by atoms with Gasteiger partial charge in [0.2, 0.25) is 5.91 Å². The lowest BCUT2D eigenvalue weighted by molar-refractivity contribution is -0.129. The summed E-state index contributed by atoms with van der Waals surface area (Å²) >= 11 is 0. The summed E-state index contributed by atoms with van der Waals surface area (Å²) in [6.45, 7) is 2.83. The summed E-state index contributed by atoms with van der Waals surface area (Å²) in [5.74, 6) is 0.211. The van der Waals surface area contributed by atoms with Gasteiger partial charge in [0.05, 0.1) is 0 Å². The minimum atomic E-state index is 0.211. The fraction of sp³-hybridized carbons (Fsp3) is 0.909. The maximum absolute atomic E-state index is 11.4. The Balaban J connectivity index is 2.22. The van der Waals surface area contributed by atoms with E-state index in [1.54, 1.807) is 4.90 Å². The van der Waals surface area contributed by atoms with Gasteiger partial charge in [-0.2, -0.15) is 0 Å². The molecule has 4 nitrogen and oxygen atoms in total. The molecule has 1 amide bonds. The van der Waals surface area contributed by atoms with Gasteiger partial charge >= 0.3 is 0 Å². The predicted molar refractivity (Wildman–Crippen MR) is 60.8 cm³/mol. The third-order valence-electron chi connectivity index (χ3n) is 3.04. The molecule has 0 unspecified atom stereocenters. The van der Waals surface area contributed by atoms with Crippen molar-refractivity contribution >= 4 is 5.91 Å². The molecule has 1 aliphatic rings. The van der Waals surface area contributed by atoms with Gasteiger partial charge in [0, 0.05) is 46.2 Å². The summed E-state index contributed by atoms with van der Waals surface area (Å²) in [7, 11) is 5.72. The van der Waals surface area contributed by atoms with Crippen LogP contribution in [0.4, 0.5) is 0 Å². The second-order valence-corrected chi connectivity index (χ2v) is 4.42. The van der Waals surface area contributed by atoms with Crippen molar-refractivity contribution in [2.24, 2.45) is 0 Å². The van der Waals surface area contributed by atoms with Crippen molar-refractivity contribution in [2.45, 2.75) is 25.3 Å². The highest BCUT2D eigenvalue weighted by atomic mass is 16.2. The van der Waals surface area contributed by atoms with E-state index in [-0.39, 0.29) is 5.91 Å². The second-order valence-electron chi connectivity index (χ2n) is 4.42. The molecule has 0 aromatic heterocycles. The summed E-state index contributed by atoms with van der Waals surface area (Å²) in [4.78, 5) is 15.4. The maximum Gasteiger partial charge on any atom is 0.223 e. The SMILES string of the molecule is CN(C)C(=O)CCN(C)C1CC[N]CC1. The Hall–Kier alpha value is -0.610. The van der Waals surface area contributed by atoms with Crippen LogP contribution < -0.4 is 5.32 Å². The molecule has 0 saturated carbocycles. The molecule has 0 N–H and O–H groups in total. The zero-order valence-electron chi connectivity index (χ0n) is 10.1. The van der Waals surface area contributed by atoms with Crippen molar-refractivity contribution < 1.29 is 4.79 Å². The Bertz CT molecular complexity index is 200. The van der Waals surface area contributed by atoms with Crippen LogP contribution in [-0.4, -0.2) is 62.5 Å². The van der Waals surface area contributed by atoms with E-state index in [0.29, 0.717) is 12.5 Å². The first-order valence-corrected chi connectivity index (χ1v) is 5.65. The Morgan fingerprint density at radius 1 is 1.27 bits per heavy atom. The fourth-order valence-electron chi connectivity index (χ4n) is 1.86. The van der Waals surface area contributed by atoms with E-state index in [1.807, 2.05) is 14.1 Å². The number of hydrogen-bond acceptors (Lipinski definition) is 2. The molecule has 0 bridgehead atoms. The maximum atomic E-state index is 11.4. The molecule has 1 fully saturated rings. The van der Waals surface area contributed by atoms with E-state index < -0.39 is 0 Å². The summed E-state index contributed by atoms with van der Waals surface area (Å²) < 4.78 is 0. The minimum absolute atomic E-state index is 0.211. The molecular formula is C11H22N3O. The van der Waals surface area contributed by atoms with Crippen LogP contribution >= 0.6 is 0 Å². The number of piperidine rings is 1. The zero-order chi connectivity index (χ0) is 11.3. The Kier molecular flexibility index (Phi) is 5.05. The predicted octanol–water partition coefficient (Wildman–Crippen LogP) is 0.163. The van der Waals surface area contributed by atoms with Crippen molar-refractivity contribution in [2.75, 3.05) is 40.8 Å². The summed E-state index contributed by atoms with van der Waals surface area (Å²) in [6.07, 6.45) is 2.91. The molecule has 15 heavy (non-hydrogen) atoms. The van der Waals surface area contributed by atoms with Crippen molar-refractivity contribution in [1.82, 2.24) is 15.1 Å². The van der Waals surface area contributed by atoms with Gasteiger partial charge in [-0.15, -0.1) is 0 Å². The Morgan fingerprint density at radius 2 is 1.87 bits per heavy atom. The summed E-state index contributed by atoms with van der Waals surface area (Å²) in [5.41, 5.74) is 0. The largest absolute Gasteiger partial charge is 0.349 e. The number of amides is 1. The molecule has 4 heteroatoms. The molecular weight excluding hydrogens is 190 g/mol. The third kappa shape index (κ3) is 4.18. The lowest BCUT2D eigenvalue weighted by atomic mass is 10.1. The number of rotatable bonds is 4. The zero-order valence-corrected chi connectivity index (χ0v) is 10.1. The van der Waals surface area contributed by atoms with Gasteiger partial charge in [-0.25, -0.2) is 5.32 Å². The first-order valence-electron chi connectivity index (χ1n) is 5.65. The number of hydrogen-bond donors (Lipinski definition) is 0. The van der Waals surface area contributed by atoms with Gasteiger partial charge in [-0.3, -0.25) is 4.79 Å². The Morgan fingerprint density at radius 3 is 2.40 bits per heavy atom. The lowest BCUT2D eigenvalue weighted by Gasteiger charge is -2.31. The second kappa shape index (κ2) is 6.08. The summed E-state index contributed by atoms with van der Waals surface area (Å²) in [6, 6.07) is 0.623. The first kappa shape index (κ1) is 12.5. The van der Waals surface area contributed by atoms with Crippen LogP contribution in [0.5, 0.6) is 0 Å². The molecule has 0 aromatic carbocycles. The molecule has 1 radical (unpaired) electrons. The molecule has 1 aliphatic heterocycles. The van der Waals surface area contributed by atoms with Crippen molar-refractivity contribution in [1.29, 1.82) is 0 Å². The van der Waals surface area contributed by atoms with Crippen LogP contribution in [-0.2, 0) is 4.79 Å². The van der Waals surface area contributed by atoms with E-state index in [0.717, 1.165) is 32.5 Å². The van der Waals surface area contributed by atoms with Crippen molar-refractivity contribution in [3.8, 4) is 0 Å². The van der Waals surface area contributed by atoms with E-state index in [1.165, 1.54) is 0 Å². The van der Waals surface area contributed by atoms with Crippen LogP contribution in [0.15, 0.2) is 0 Å². The van der Waals surface area contributed by atoms with Gasteiger partial charge in [0.1, 0.15) is 0 Å². The lowest BCUT2D eigenvalue weighted by Crippen LogP contribution is -2.40. The smallest absolute Gasteiger partial charge is 0.223 e. The molecule has 0 atom stereocenters. The van der Waals surface area contributed by atoms with Crippen molar-refractivity contribution in [3.05, 3.63) is 0 Å². The topological polar surface area (TPSA) is 37.7 Å². The summed E-state index contributed by atoms with van der Waals surface area (Å²) in [5, 5.41) is 4.33. The molecule has 1 saturated heterocycles. The quantitative estimate of drug-likeness (QED) is 0.666. The highest BCUT2D eigenvalue weighted by Gasteiger charge is 2.18. The van der Waals surface area contributed by atoms with Crippen LogP contribution in [0, 0.1) is 0 Å². The molecule has 1 heterocycles. The average molecular weight is 212 g/mol. The molecule has 1 rings (SSSR count). The van der Waals surface area contributed by atoms with Gasteiger partial charge in [0.25, 0.3) is 0 Å². The number of nitrogens with zero attached hydrogens (tertiary/aromatic N) is 3. The van der Waals surface area contributed by atoms with Crippen LogP contribution in [0.1, 0.15) is 19.3 Å². The van der Waals surface area contributed by atoms with Crippen LogP contribution in [0.25, 0.3) is 0 Å². The number of carbonyl (C=O) groups excluding carboxylic acids is 1. The van der Waals surface area contributed by atoms with Gasteiger partial charge in [0.15, 0.2) is 0 Å². The Labute approximate surface area is 92.6 Å². The van der Waals surface area contributed by atoms with E-state index >= 15 is 0 Å². The van der Waals surface area contributed by atoms with Gasteiger partial charge in [-0.1, -0.05) is 0 Å². The molecule has 87 valence electrons. The van der Waals surface area contributed by atoms with Crippen molar-refractivity contribution in [3.63, 3.8) is 0 Å². The fourth-order valence-corrected chi connectivity index (χ4v) is 1.86. The molecule has 0 aliphatic carbocycles. The van der Waals surface area contributed by atoms with E-state index in [4.69, 9.17) is 0 Å². The highest BCUT2D eigenvalue weighted by Crippen LogP contribution is 2.10. The minimum Gasteiger partial charge on any atom is -0.349 e. The molecule has 0 spiro atoms. The standard InChI is InChI=1S/C11H22N3O/c1-13(2)11(15)6-9-14(3)10-4-7-12-8-5-10/h10H,4-9H2,1-3H3. The number of carbonyl (C=O) groups is 1. The highest BCUT2D eigenvalue weighted by molar-refractivity contribution is 5.75. The normalized spacial score (nSPS) is 18.1. The van der Waals surface area contributed by atoms with Crippen LogP contribution in [0.3, 0.4) is 0 Å². The van der Waals surface area contributed by atoms with Gasteiger partial charge < -0.3 is 9.80 Å². The molecule has 0 aromatic rings. The first-order chi connectivity index (χ1) is 7.11.